The molecule has 0 aliphatic carbocycles. The normalized spacial score (nSPS) is 17.2. The molecule has 0 aliphatic rings. The van der Waals surface area contributed by atoms with Gasteiger partial charge in [0, 0.05) is 42.8 Å². The van der Waals surface area contributed by atoms with Crippen LogP contribution in [-0.4, -0.2) is 16.0 Å². The van der Waals surface area contributed by atoms with Crippen LogP contribution in [0.15, 0.2) is 79.4 Å². The Morgan fingerprint density at radius 2 is 0.907 bits per heavy atom. The maximum Gasteiger partial charge on any atom is 0.0378 e. The first kappa shape index (κ1) is 35.0. The molecule has 3 rings (SSSR count). The zero-order chi connectivity index (χ0) is 32.4. The van der Waals surface area contributed by atoms with E-state index >= 15 is 0 Å². The summed E-state index contributed by atoms with van der Waals surface area (Å²) in [5.41, 5.74) is 4.23. The van der Waals surface area contributed by atoms with Gasteiger partial charge in [-0.2, -0.15) is 0 Å². The molecule has 0 bridgehead atoms. The Bertz CT molecular complexity index is 1260. The fourth-order valence-electron chi connectivity index (χ4n) is 7.17. The predicted molar refractivity (Wildman–Crippen MR) is 185 cm³/mol. The Balaban J connectivity index is 2.17. The number of hydrogen-bond acceptors (Lipinski definition) is 3. The van der Waals surface area contributed by atoms with Gasteiger partial charge in [0.15, 0.2) is 0 Å². The second-order valence-electron chi connectivity index (χ2n) is 16.9. The molecule has 3 nitrogen and oxygen atoms in total. The summed E-state index contributed by atoms with van der Waals surface area (Å²) in [6.45, 7) is 34.0. The van der Waals surface area contributed by atoms with Crippen LogP contribution in [0.3, 0.4) is 0 Å². The van der Waals surface area contributed by atoms with Gasteiger partial charge in [0.2, 0.25) is 0 Å². The summed E-state index contributed by atoms with van der Waals surface area (Å²) in [5, 5.41) is 4.28. The Morgan fingerprint density at radius 3 is 1.35 bits per heavy atom. The van der Waals surface area contributed by atoms with Crippen molar-refractivity contribution in [3.05, 3.63) is 96.1 Å². The third-order valence-electron chi connectivity index (χ3n) is 12.0. The van der Waals surface area contributed by atoms with Gasteiger partial charge in [-0.25, -0.2) is 0 Å². The molecule has 0 radical (unpaired) electrons. The monoisotopic (exact) mass is 583 g/mol. The lowest BCUT2D eigenvalue weighted by atomic mass is 9.52. The zero-order valence-corrected chi connectivity index (χ0v) is 29.8. The van der Waals surface area contributed by atoms with Crippen molar-refractivity contribution in [3.63, 3.8) is 0 Å². The van der Waals surface area contributed by atoms with E-state index in [1.807, 2.05) is 24.8 Å². The minimum Gasteiger partial charge on any atom is -0.306 e. The lowest BCUT2D eigenvalue weighted by Gasteiger charge is -2.54. The molecular weight excluding hydrogens is 522 g/mol. The maximum atomic E-state index is 4.41. The van der Waals surface area contributed by atoms with Crippen molar-refractivity contribution in [2.24, 2.45) is 33.0 Å². The van der Waals surface area contributed by atoms with Crippen LogP contribution in [0.1, 0.15) is 132 Å². The summed E-state index contributed by atoms with van der Waals surface area (Å²) in [4.78, 5) is 8.77. The van der Waals surface area contributed by atoms with Crippen molar-refractivity contribution in [1.29, 1.82) is 0 Å². The summed E-state index contributed by atoms with van der Waals surface area (Å²) in [5.74, 6) is 0.992. The molecule has 0 fully saturated rings. The molecule has 0 saturated carbocycles. The summed E-state index contributed by atoms with van der Waals surface area (Å²) in [7, 11) is 0. The van der Waals surface area contributed by atoms with Crippen LogP contribution in [0.25, 0.3) is 0 Å². The summed E-state index contributed by atoms with van der Waals surface area (Å²) < 4.78 is 0. The van der Waals surface area contributed by atoms with Crippen LogP contribution in [0, 0.1) is 33.0 Å². The number of pyridine rings is 2. The molecule has 1 N–H and O–H groups in total. The quantitative estimate of drug-likeness (QED) is 0.244. The zero-order valence-electron chi connectivity index (χ0n) is 29.8. The van der Waals surface area contributed by atoms with Crippen LogP contribution >= 0.6 is 0 Å². The third-order valence-corrected chi connectivity index (χ3v) is 12.0. The van der Waals surface area contributed by atoms with E-state index in [0.717, 1.165) is 0 Å². The molecule has 0 aliphatic heterocycles. The minimum atomic E-state index is -0.104. The van der Waals surface area contributed by atoms with E-state index in [-0.39, 0.29) is 45.1 Å². The largest absolute Gasteiger partial charge is 0.306 e. The molecule has 3 heteroatoms. The minimum absolute atomic E-state index is 0.0140. The second kappa shape index (κ2) is 12.8. The van der Waals surface area contributed by atoms with Gasteiger partial charge < -0.3 is 5.32 Å². The van der Waals surface area contributed by atoms with Crippen LogP contribution < -0.4 is 5.32 Å². The molecular formula is C40H61N3. The van der Waals surface area contributed by atoms with Gasteiger partial charge in [0.25, 0.3) is 0 Å². The highest BCUT2D eigenvalue weighted by molar-refractivity contribution is 5.28. The Kier molecular flexibility index (Phi) is 10.4. The predicted octanol–water partition coefficient (Wildman–Crippen LogP) is 10.9. The lowest BCUT2D eigenvalue weighted by Crippen LogP contribution is -2.51. The van der Waals surface area contributed by atoms with E-state index in [2.05, 4.69) is 167 Å². The summed E-state index contributed by atoms with van der Waals surface area (Å²) >= 11 is 0. The molecule has 0 spiro atoms. The SMILES string of the molecule is CC(NC(c1ccncc1)C(C)(C)C(C)C(c1ccccc1)C(C)(C)C(C)(C)C)C(c1ccncc1)C(C)(C)C(C)(C)C. The number of nitrogens with zero attached hydrogens (tertiary/aromatic N) is 2. The van der Waals surface area contributed by atoms with Crippen molar-refractivity contribution < 1.29 is 0 Å². The van der Waals surface area contributed by atoms with E-state index in [0.29, 0.717) is 11.8 Å². The number of hydrogen-bond donors (Lipinski definition) is 1. The maximum absolute atomic E-state index is 4.41. The van der Waals surface area contributed by atoms with E-state index in [1.165, 1.54) is 16.7 Å². The highest BCUT2D eigenvalue weighted by Crippen LogP contribution is 2.58. The van der Waals surface area contributed by atoms with Crippen LogP contribution in [0.2, 0.25) is 0 Å². The molecule has 43 heavy (non-hydrogen) atoms. The molecule has 0 saturated heterocycles. The number of nitrogens with one attached hydrogen (secondary N) is 1. The van der Waals surface area contributed by atoms with Crippen molar-refractivity contribution >= 4 is 0 Å². The van der Waals surface area contributed by atoms with Crippen LogP contribution in [-0.2, 0) is 0 Å². The average molecular weight is 584 g/mol. The van der Waals surface area contributed by atoms with Gasteiger partial charge in [-0.15, -0.1) is 0 Å². The van der Waals surface area contributed by atoms with Crippen LogP contribution in [0.4, 0.5) is 0 Å². The standard InChI is InChI=1S/C40H61N3/c1-28(33(30-18-16-15-17-19-30)39(11,12)36(3,4)5)38(9,10)35(32-22-26-42-27-23-32)43-29(2)34(31-20-24-41-25-21-31)40(13,14)37(6,7)8/h15-29,33-35,43H,1-14H3. The first-order valence-electron chi connectivity index (χ1n) is 16.4. The molecule has 236 valence electrons. The van der Waals surface area contributed by atoms with Gasteiger partial charge in [0.1, 0.15) is 0 Å². The van der Waals surface area contributed by atoms with E-state index < -0.39 is 0 Å². The van der Waals surface area contributed by atoms with Gasteiger partial charge in [0.05, 0.1) is 0 Å². The third kappa shape index (κ3) is 7.25. The van der Waals surface area contributed by atoms with Crippen molar-refractivity contribution in [3.8, 4) is 0 Å². The Labute approximate surface area is 264 Å². The first-order chi connectivity index (χ1) is 19.7. The Morgan fingerprint density at radius 1 is 0.512 bits per heavy atom. The van der Waals surface area contributed by atoms with E-state index in [9.17, 15) is 0 Å². The van der Waals surface area contributed by atoms with Gasteiger partial charge in [-0.05, 0) is 86.8 Å². The van der Waals surface area contributed by atoms with E-state index in [1.54, 1.807) is 0 Å². The van der Waals surface area contributed by atoms with E-state index in [4.69, 9.17) is 0 Å². The Hall–Kier alpha value is -2.52. The number of rotatable bonds is 11. The average Bonchev–Trinajstić information content (AvgIpc) is 2.92. The van der Waals surface area contributed by atoms with Gasteiger partial charge in [-0.1, -0.05) is 120 Å². The van der Waals surface area contributed by atoms with Gasteiger partial charge in [-0.3, -0.25) is 9.97 Å². The number of aromatic nitrogens is 2. The van der Waals surface area contributed by atoms with Crippen molar-refractivity contribution in [1.82, 2.24) is 15.3 Å². The molecule has 5 unspecified atom stereocenters. The van der Waals surface area contributed by atoms with Crippen LogP contribution in [0.5, 0.6) is 0 Å². The topological polar surface area (TPSA) is 37.8 Å². The lowest BCUT2D eigenvalue weighted by molar-refractivity contribution is 0.0100. The molecule has 5 atom stereocenters. The highest BCUT2D eigenvalue weighted by atomic mass is 15.0. The van der Waals surface area contributed by atoms with Crippen molar-refractivity contribution in [2.45, 2.75) is 121 Å². The summed E-state index contributed by atoms with van der Waals surface area (Å²) in [6.07, 6.45) is 7.78. The highest BCUT2D eigenvalue weighted by Gasteiger charge is 2.50. The first-order valence-corrected chi connectivity index (χ1v) is 16.4. The summed E-state index contributed by atoms with van der Waals surface area (Å²) in [6, 6.07) is 20.4. The fraction of sp³-hybridized carbons (Fsp3) is 0.600. The fourth-order valence-corrected chi connectivity index (χ4v) is 7.17. The van der Waals surface area contributed by atoms with Gasteiger partial charge >= 0.3 is 0 Å². The second-order valence-corrected chi connectivity index (χ2v) is 16.9. The molecule has 0 amide bonds. The molecule has 2 aromatic heterocycles. The molecule has 1 aromatic carbocycles. The smallest absolute Gasteiger partial charge is 0.0378 e. The van der Waals surface area contributed by atoms with Crippen molar-refractivity contribution in [2.75, 3.05) is 0 Å². The molecule has 3 aromatic rings. The number of benzene rings is 1. The molecule has 2 heterocycles.